The van der Waals surface area contributed by atoms with Crippen LogP contribution in [-0.2, 0) is 26.2 Å². The summed E-state index contributed by atoms with van der Waals surface area (Å²) < 4.78 is 41.1. The molecule has 1 N–H and O–H groups in total. The second-order valence-electron chi connectivity index (χ2n) is 7.39. The average Bonchev–Trinajstić information content (AvgIpc) is 2.72. The summed E-state index contributed by atoms with van der Waals surface area (Å²) >= 11 is 3.37. The maximum absolute atomic E-state index is 14.3. The molecule has 10 heteroatoms. The molecule has 7 nitrogen and oxygen atoms in total. The van der Waals surface area contributed by atoms with Crippen molar-refractivity contribution in [1.29, 1.82) is 0 Å². The van der Waals surface area contributed by atoms with Gasteiger partial charge in [0.2, 0.25) is 21.8 Å². The molecule has 0 radical (unpaired) electrons. The van der Waals surface area contributed by atoms with E-state index in [1.807, 2.05) is 0 Å². The average molecular weight is 528 g/mol. The Hall–Kier alpha value is -2.46. The number of hydrogen-bond donors (Lipinski definition) is 1. The monoisotopic (exact) mass is 527 g/mol. The van der Waals surface area contributed by atoms with Crippen LogP contribution in [0.4, 0.5) is 10.1 Å². The number of hydrogen-bond acceptors (Lipinski definition) is 4. The van der Waals surface area contributed by atoms with Crippen molar-refractivity contribution < 1.29 is 22.4 Å². The third-order valence-electron chi connectivity index (χ3n) is 4.93. The van der Waals surface area contributed by atoms with Gasteiger partial charge >= 0.3 is 0 Å². The highest BCUT2D eigenvalue weighted by molar-refractivity contribution is 9.10. The zero-order valence-corrected chi connectivity index (χ0v) is 20.8. The normalized spacial score (nSPS) is 12.2. The van der Waals surface area contributed by atoms with E-state index in [4.69, 9.17) is 0 Å². The minimum Gasteiger partial charge on any atom is -0.355 e. The van der Waals surface area contributed by atoms with Crippen molar-refractivity contribution in [2.45, 2.75) is 33.4 Å². The zero-order chi connectivity index (χ0) is 24.1. The maximum Gasteiger partial charge on any atom is 0.244 e. The van der Waals surface area contributed by atoms with Crippen molar-refractivity contribution in [2.75, 3.05) is 23.7 Å². The Labute approximate surface area is 196 Å². The molecule has 0 fully saturated rings. The Morgan fingerprint density at radius 3 is 2.41 bits per heavy atom. The minimum absolute atomic E-state index is 0.180. The number of halogens is 2. The molecule has 0 spiro atoms. The van der Waals surface area contributed by atoms with Crippen LogP contribution < -0.4 is 9.62 Å². The van der Waals surface area contributed by atoms with E-state index in [9.17, 15) is 22.4 Å². The molecule has 0 saturated heterocycles. The third-order valence-corrected chi connectivity index (χ3v) is 6.96. The van der Waals surface area contributed by atoms with Crippen LogP contribution in [-0.4, -0.2) is 50.5 Å². The van der Waals surface area contributed by atoms with Gasteiger partial charge in [0.1, 0.15) is 18.4 Å². The standard InChI is InChI=1S/C22H27BrFN3O4S/c1-5-25-22(29)16(3)26(13-17-8-6-7-9-20(17)24)21(28)14-27(32(4,30)31)18-10-11-19(23)15(2)12-18/h6-12,16H,5,13-14H2,1-4H3,(H,25,29)/t16-/m0/s1. The Balaban J connectivity index is 2.42. The predicted molar refractivity (Wildman–Crippen MR) is 126 cm³/mol. The highest BCUT2D eigenvalue weighted by atomic mass is 79.9. The van der Waals surface area contributed by atoms with Gasteiger partial charge < -0.3 is 10.2 Å². The van der Waals surface area contributed by atoms with Gasteiger partial charge in [-0.05, 0) is 50.6 Å². The lowest BCUT2D eigenvalue weighted by molar-refractivity contribution is -0.139. The molecule has 2 rings (SSSR count). The molecule has 1 atom stereocenters. The molecule has 0 aliphatic rings. The van der Waals surface area contributed by atoms with Gasteiger partial charge in [-0.2, -0.15) is 0 Å². The molecule has 0 aliphatic heterocycles. The summed E-state index contributed by atoms with van der Waals surface area (Å²) in [7, 11) is -3.82. The molecule has 0 saturated carbocycles. The maximum atomic E-state index is 14.3. The van der Waals surface area contributed by atoms with Crippen molar-refractivity contribution in [3.05, 3.63) is 63.9 Å². The summed E-state index contributed by atoms with van der Waals surface area (Å²) in [6.07, 6.45) is 1.01. The summed E-state index contributed by atoms with van der Waals surface area (Å²) in [5.41, 5.74) is 1.34. The number of anilines is 1. The molecule has 0 aromatic heterocycles. The second kappa shape index (κ2) is 10.9. The topological polar surface area (TPSA) is 86.8 Å². The highest BCUT2D eigenvalue weighted by Crippen LogP contribution is 2.25. The lowest BCUT2D eigenvalue weighted by Gasteiger charge is -2.31. The number of nitrogens with zero attached hydrogens (tertiary/aromatic N) is 2. The van der Waals surface area contributed by atoms with Crippen LogP contribution >= 0.6 is 15.9 Å². The number of rotatable bonds is 9. The Morgan fingerprint density at radius 1 is 1.19 bits per heavy atom. The highest BCUT2D eigenvalue weighted by Gasteiger charge is 2.30. The van der Waals surface area contributed by atoms with Crippen LogP contribution in [0, 0.1) is 12.7 Å². The Morgan fingerprint density at radius 2 is 1.84 bits per heavy atom. The zero-order valence-electron chi connectivity index (χ0n) is 18.4. The quantitative estimate of drug-likeness (QED) is 0.542. The molecule has 2 amide bonds. The van der Waals surface area contributed by atoms with E-state index >= 15 is 0 Å². The van der Waals surface area contributed by atoms with Gasteiger partial charge in [0.25, 0.3) is 0 Å². The van der Waals surface area contributed by atoms with Crippen LogP contribution in [0.25, 0.3) is 0 Å². The van der Waals surface area contributed by atoms with Gasteiger partial charge in [-0.1, -0.05) is 34.1 Å². The molecule has 0 heterocycles. The number of likely N-dealkylation sites (N-methyl/N-ethyl adjacent to an activating group) is 1. The molecular formula is C22H27BrFN3O4S. The predicted octanol–water partition coefficient (Wildman–Crippen LogP) is 3.22. The first-order chi connectivity index (χ1) is 15.0. The van der Waals surface area contributed by atoms with Crippen molar-refractivity contribution in [3.63, 3.8) is 0 Å². The number of aryl methyl sites for hydroxylation is 1. The summed E-state index contributed by atoms with van der Waals surface area (Å²) in [6.45, 7) is 4.72. The largest absolute Gasteiger partial charge is 0.355 e. The molecule has 2 aromatic carbocycles. The fourth-order valence-corrected chi connectivity index (χ4v) is 4.20. The van der Waals surface area contributed by atoms with Crippen LogP contribution in [0.2, 0.25) is 0 Å². The van der Waals surface area contributed by atoms with Crippen molar-refractivity contribution >= 4 is 43.5 Å². The van der Waals surface area contributed by atoms with E-state index < -0.39 is 40.2 Å². The minimum atomic E-state index is -3.82. The van der Waals surface area contributed by atoms with Crippen LogP contribution in [0.5, 0.6) is 0 Å². The van der Waals surface area contributed by atoms with Gasteiger partial charge in [-0.15, -0.1) is 0 Å². The first-order valence-corrected chi connectivity index (χ1v) is 12.6. The molecule has 0 aliphatic carbocycles. The lowest BCUT2D eigenvalue weighted by Crippen LogP contribution is -2.51. The Bertz CT molecular complexity index is 1090. The van der Waals surface area contributed by atoms with Gasteiger partial charge in [0.15, 0.2) is 0 Å². The Kier molecular flexibility index (Phi) is 8.80. The first kappa shape index (κ1) is 25.8. The number of benzene rings is 2. The van der Waals surface area contributed by atoms with E-state index in [0.29, 0.717) is 12.2 Å². The number of sulfonamides is 1. The van der Waals surface area contributed by atoms with E-state index in [2.05, 4.69) is 21.2 Å². The second-order valence-corrected chi connectivity index (χ2v) is 10.1. The summed E-state index contributed by atoms with van der Waals surface area (Å²) in [4.78, 5) is 27.0. The molecule has 2 aromatic rings. The van der Waals surface area contributed by atoms with Crippen LogP contribution in [0.1, 0.15) is 25.0 Å². The summed E-state index contributed by atoms with van der Waals surface area (Å²) in [6, 6.07) is 9.93. The lowest BCUT2D eigenvalue weighted by atomic mass is 10.1. The number of carbonyl (C=O) groups is 2. The van der Waals surface area contributed by atoms with E-state index in [1.54, 1.807) is 38.1 Å². The fraction of sp³-hybridized carbons (Fsp3) is 0.364. The molecule has 0 unspecified atom stereocenters. The van der Waals surface area contributed by atoms with E-state index in [-0.39, 0.29) is 12.1 Å². The van der Waals surface area contributed by atoms with Crippen molar-refractivity contribution in [1.82, 2.24) is 10.2 Å². The van der Waals surface area contributed by atoms with Gasteiger partial charge in [0.05, 0.1) is 11.9 Å². The van der Waals surface area contributed by atoms with Gasteiger partial charge in [-0.3, -0.25) is 13.9 Å². The summed E-state index contributed by atoms with van der Waals surface area (Å²) in [5, 5.41) is 2.65. The van der Waals surface area contributed by atoms with Crippen molar-refractivity contribution in [3.8, 4) is 0 Å². The van der Waals surface area contributed by atoms with E-state index in [1.165, 1.54) is 30.0 Å². The molecule has 32 heavy (non-hydrogen) atoms. The number of carbonyl (C=O) groups excluding carboxylic acids is 2. The third kappa shape index (κ3) is 6.52. The smallest absolute Gasteiger partial charge is 0.244 e. The molecule has 174 valence electrons. The van der Waals surface area contributed by atoms with Gasteiger partial charge in [-0.25, -0.2) is 12.8 Å². The van der Waals surface area contributed by atoms with Crippen LogP contribution in [0.3, 0.4) is 0 Å². The fourth-order valence-electron chi connectivity index (χ4n) is 3.11. The SMILES string of the molecule is CCNC(=O)[C@H](C)N(Cc1ccccc1F)C(=O)CN(c1ccc(Br)c(C)c1)S(C)(=O)=O. The van der Waals surface area contributed by atoms with Gasteiger partial charge in [0, 0.05) is 23.1 Å². The first-order valence-electron chi connectivity index (χ1n) is 10.00. The molecular weight excluding hydrogens is 501 g/mol. The number of nitrogens with one attached hydrogen (secondary N) is 1. The van der Waals surface area contributed by atoms with Crippen molar-refractivity contribution in [2.24, 2.45) is 0 Å². The molecule has 0 bridgehead atoms. The summed E-state index contributed by atoms with van der Waals surface area (Å²) in [5.74, 6) is -1.56. The van der Waals surface area contributed by atoms with E-state index in [0.717, 1.165) is 20.6 Å². The number of amides is 2. The van der Waals surface area contributed by atoms with Crippen LogP contribution in [0.15, 0.2) is 46.9 Å².